The monoisotopic (exact) mass is 329 g/mol. The van der Waals surface area contributed by atoms with Gasteiger partial charge in [0, 0.05) is 33.2 Å². The van der Waals surface area contributed by atoms with Gasteiger partial charge < -0.3 is 19.5 Å². The number of ether oxygens (including phenoxy) is 3. The zero-order valence-electron chi connectivity index (χ0n) is 11.4. The number of methoxy groups -OCH3 is 2. The standard InChI is InChI=1S/C14H20BrNO3/c1-17-13-4-3-11(7-12(13)15)8-16-9-14(18-2)5-6-19-10-14/h3-4,7,16H,5-6,8-10H2,1-2H3. The van der Waals surface area contributed by atoms with Crippen LogP contribution in [0.2, 0.25) is 0 Å². The molecule has 1 heterocycles. The second kappa shape index (κ2) is 6.70. The van der Waals surface area contributed by atoms with Crippen molar-refractivity contribution in [1.82, 2.24) is 5.32 Å². The second-order valence-electron chi connectivity index (χ2n) is 4.76. The molecule has 106 valence electrons. The number of hydrogen-bond donors (Lipinski definition) is 1. The van der Waals surface area contributed by atoms with Crippen molar-refractivity contribution in [2.24, 2.45) is 0 Å². The van der Waals surface area contributed by atoms with Gasteiger partial charge >= 0.3 is 0 Å². The van der Waals surface area contributed by atoms with E-state index >= 15 is 0 Å². The van der Waals surface area contributed by atoms with Crippen molar-refractivity contribution >= 4 is 15.9 Å². The van der Waals surface area contributed by atoms with Gasteiger partial charge in [0.1, 0.15) is 11.4 Å². The van der Waals surface area contributed by atoms with Crippen LogP contribution in [-0.4, -0.2) is 39.6 Å². The van der Waals surface area contributed by atoms with Gasteiger partial charge in [0.15, 0.2) is 0 Å². The maximum Gasteiger partial charge on any atom is 0.133 e. The first kappa shape index (κ1) is 14.8. The van der Waals surface area contributed by atoms with Crippen molar-refractivity contribution in [3.63, 3.8) is 0 Å². The predicted octanol–water partition coefficient (Wildman–Crippen LogP) is 2.35. The third-order valence-corrected chi connectivity index (χ3v) is 4.11. The van der Waals surface area contributed by atoms with Crippen LogP contribution in [0.4, 0.5) is 0 Å². The molecule has 4 nitrogen and oxygen atoms in total. The number of hydrogen-bond acceptors (Lipinski definition) is 4. The molecule has 1 saturated heterocycles. The molecule has 1 aliphatic heterocycles. The Labute approximate surface area is 122 Å². The van der Waals surface area contributed by atoms with Gasteiger partial charge in [-0.25, -0.2) is 0 Å². The summed E-state index contributed by atoms with van der Waals surface area (Å²) in [5, 5.41) is 3.43. The Hall–Kier alpha value is -0.620. The lowest BCUT2D eigenvalue weighted by Crippen LogP contribution is -2.42. The van der Waals surface area contributed by atoms with Gasteiger partial charge in [-0.15, -0.1) is 0 Å². The molecule has 0 amide bonds. The van der Waals surface area contributed by atoms with Crippen LogP contribution in [0.3, 0.4) is 0 Å². The van der Waals surface area contributed by atoms with Crippen molar-refractivity contribution in [3.05, 3.63) is 28.2 Å². The summed E-state index contributed by atoms with van der Waals surface area (Å²) in [6.07, 6.45) is 0.947. The van der Waals surface area contributed by atoms with Gasteiger partial charge in [0.05, 0.1) is 18.2 Å². The Morgan fingerprint density at radius 1 is 1.42 bits per heavy atom. The molecule has 1 atom stereocenters. The first-order valence-corrected chi connectivity index (χ1v) is 7.14. The van der Waals surface area contributed by atoms with E-state index in [0.717, 1.165) is 36.3 Å². The third-order valence-electron chi connectivity index (χ3n) is 3.49. The van der Waals surface area contributed by atoms with Crippen molar-refractivity contribution in [2.45, 2.75) is 18.6 Å². The Bertz CT molecular complexity index is 419. The lowest BCUT2D eigenvalue weighted by atomic mass is 10.0. The average molecular weight is 330 g/mol. The highest BCUT2D eigenvalue weighted by molar-refractivity contribution is 9.10. The van der Waals surface area contributed by atoms with Crippen LogP contribution in [0.15, 0.2) is 22.7 Å². The third kappa shape index (κ3) is 3.69. The van der Waals surface area contributed by atoms with E-state index in [1.165, 1.54) is 5.56 Å². The maximum atomic E-state index is 5.58. The molecule has 1 aromatic carbocycles. The van der Waals surface area contributed by atoms with Gasteiger partial charge in [-0.1, -0.05) is 6.07 Å². The molecular weight excluding hydrogens is 310 g/mol. The topological polar surface area (TPSA) is 39.7 Å². The van der Waals surface area contributed by atoms with Gasteiger partial charge in [0.2, 0.25) is 0 Å². The molecular formula is C14H20BrNO3. The number of rotatable bonds is 6. The Morgan fingerprint density at radius 2 is 2.26 bits per heavy atom. The molecule has 0 spiro atoms. The Balaban J connectivity index is 1.87. The zero-order chi connectivity index (χ0) is 13.7. The van der Waals surface area contributed by atoms with Crippen LogP contribution >= 0.6 is 15.9 Å². The smallest absolute Gasteiger partial charge is 0.133 e. The molecule has 0 radical (unpaired) electrons. The molecule has 1 N–H and O–H groups in total. The molecule has 0 bridgehead atoms. The van der Waals surface area contributed by atoms with Crippen molar-refractivity contribution in [2.75, 3.05) is 34.0 Å². The van der Waals surface area contributed by atoms with E-state index in [4.69, 9.17) is 14.2 Å². The van der Waals surface area contributed by atoms with E-state index in [0.29, 0.717) is 6.61 Å². The number of halogens is 1. The first-order valence-electron chi connectivity index (χ1n) is 6.35. The molecule has 0 aromatic heterocycles. The van der Waals surface area contributed by atoms with E-state index in [9.17, 15) is 0 Å². The van der Waals surface area contributed by atoms with Crippen molar-refractivity contribution in [3.8, 4) is 5.75 Å². The minimum atomic E-state index is -0.163. The van der Waals surface area contributed by atoms with Crippen LogP contribution in [0, 0.1) is 0 Å². The van der Waals surface area contributed by atoms with Crippen LogP contribution in [-0.2, 0) is 16.0 Å². The van der Waals surface area contributed by atoms with Gasteiger partial charge in [-0.05, 0) is 33.6 Å². The normalized spacial score (nSPS) is 22.7. The van der Waals surface area contributed by atoms with Crippen LogP contribution in [0.25, 0.3) is 0 Å². The summed E-state index contributed by atoms with van der Waals surface area (Å²) in [6, 6.07) is 6.09. The quantitative estimate of drug-likeness (QED) is 0.869. The highest BCUT2D eigenvalue weighted by atomic mass is 79.9. The molecule has 1 fully saturated rings. The van der Waals surface area contributed by atoms with Gasteiger partial charge in [-0.3, -0.25) is 0 Å². The minimum absolute atomic E-state index is 0.163. The summed E-state index contributed by atoms with van der Waals surface area (Å²) in [6.45, 7) is 3.05. The maximum absolute atomic E-state index is 5.58. The van der Waals surface area contributed by atoms with Crippen LogP contribution in [0.1, 0.15) is 12.0 Å². The summed E-state index contributed by atoms with van der Waals surface area (Å²) >= 11 is 3.49. The molecule has 0 aliphatic carbocycles. The minimum Gasteiger partial charge on any atom is -0.496 e. The number of nitrogens with one attached hydrogen (secondary N) is 1. The summed E-state index contributed by atoms with van der Waals surface area (Å²) in [5.74, 6) is 0.848. The average Bonchev–Trinajstić information content (AvgIpc) is 2.88. The van der Waals surface area contributed by atoms with E-state index in [-0.39, 0.29) is 5.60 Å². The lowest BCUT2D eigenvalue weighted by molar-refractivity contribution is -0.0159. The summed E-state index contributed by atoms with van der Waals surface area (Å²) in [5.41, 5.74) is 1.04. The first-order chi connectivity index (χ1) is 9.19. The largest absolute Gasteiger partial charge is 0.496 e. The molecule has 5 heteroatoms. The zero-order valence-corrected chi connectivity index (χ0v) is 13.0. The highest BCUT2D eigenvalue weighted by Crippen LogP contribution is 2.26. The van der Waals surface area contributed by atoms with Crippen LogP contribution < -0.4 is 10.1 Å². The highest BCUT2D eigenvalue weighted by Gasteiger charge is 2.34. The Kier molecular flexibility index (Phi) is 5.21. The van der Waals surface area contributed by atoms with E-state index in [2.05, 4.69) is 33.4 Å². The summed E-state index contributed by atoms with van der Waals surface area (Å²) in [4.78, 5) is 0. The van der Waals surface area contributed by atoms with Gasteiger partial charge in [0.25, 0.3) is 0 Å². The Morgan fingerprint density at radius 3 is 2.84 bits per heavy atom. The SMILES string of the molecule is COc1ccc(CNCC2(OC)CCOC2)cc1Br. The fraction of sp³-hybridized carbons (Fsp3) is 0.571. The van der Waals surface area contributed by atoms with Crippen molar-refractivity contribution < 1.29 is 14.2 Å². The van der Waals surface area contributed by atoms with E-state index in [1.54, 1.807) is 14.2 Å². The van der Waals surface area contributed by atoms with E-state index in [1.807, 2.05) is 6.07 Å². The van der Waals surface area contributed by atoms with Crippen LogP contribution in [0.5, 0.6) is 5.75 Å². The molecule has 1 aliphatic rings. The second-order valence-corrected chi connectivity index (χ2v) is 5.62. The molecule has 2 rings (SSSR count). The number of benzene rings is 1. The van der Waals surface area contributed by atoms with Gasteiger partial charge in [-0.2, -0.15) is 0 Å². The van der Waals surface area contributed by atoms with Crippen molar-refractivity contribution in [1.29, 1.82) is 0 Å². The molecule has 19 heavy (non-hydrogen) atoms. The van der Waals surface area contributed by atoms with E-state index < -0.39 is 0 Å². The lowest BCUT2D eigenvalue weighted by Gasteiger charge is -2.26. The molecule has 1 unspecified atom stereocenters. The summed E-state index contributed by atoms with van der Waals surface area (Å²) < 4.78 is 17.2. The predicted molar refractivity (Wildman–Crippen MR) is 77.6 cm³/mol. The molecule has 1 aromatic rings. The molecule has 0 saturated carbocycles. The fourth-order valence-corrected chi connectivity index (χ4v) is 2.80. The fourth-order valence-electron chi connectivity index (χ4n) is 2.22. The summed E-state index contributed by atoms with van der Waals surface area (Å²) in [7, 11) is 3.42.